The van der Waals surface area contributed by atoms with Crippen LogP contribution in [0.2, 0.25) is 5.02 Å². The van der Waals surface area contributed by atoms with Gasteiger partial charge >= 0.3 is 0 Å². The van der Waals surface area contributed by atoms with Crippen molar-refractivity contribution in [2.24, 2.45) is 0 Å². The largest absolute Gasteiger partial charge is 0.497 e. The third-order valence-electron chi connectivity index (χ3n) is 4.75. The van der Waals surface area contributed by atoms with Gasteiger partial charge in [-0.15, -0.1) is 9.89 Å². The molecular weight excluding hydrogens is 380 g/mol. The zero-order valence-corrected chi connectivity index (χ0v) is 16.2. The van der Waals surface area contributed by atoms with E-state index in [1.54, 1.807) is 24.3 Å². The minimum Gasteiger partial charge on any atom is -0.497 e. The number of nitrogens with zero attached hydrogens (tertiary/aromatic N) is 3. The molecule has 1 aromatic heterocycles. The molecule has 0 fully saturated rings. The van der Waals surface area contributed by atoms with Crippen molar-refractivity contribution in [1.29, 1.82) is 0 Å². The van der Waals surface area contributed by atoms with Crippen LogP contribution < -0.4 is 20.6 Å². The number of hydrogen-bond donors (Lipinski definition) is 2. The maximum atomic E-state index is 13.2. The molecule has 2 heterocycles. The summed E-state index contributed by atoms with van der Waals surface area (Å²) in [4.78, 5) is 14.4. The molecule has 0 spiro atoms. The van der Waals surface area contributed by atoms with Crippen LogP contribution in [0.3, 0.4) is 0 Å². The molecule has 144 valence electrons. The Labute approximate surface area is 166 Å². The number of hydrogen-bond acceptors (Lipinski definition) is 6. The summed E-state index contributed by atoms with van der Waals surface area (Å²) < 4.78 is 5.19. The number of halogens is 1. The molecule has 4 rings (SSSR count). The van der Waals surface area contributed by atoms with Gasteiger partial charge in [0, 0.05) is 23.7 Å². The maximum Gasteiger partial charge on any atom is 0.292 e. The van der Waals surface area contributed by atoms with E-state index in [4.69, 9.17) is 16.3 Å². The quantitative estimate of drug-likeness (QED) is 0.547. The third-order valence-corrected chi connectivity index (χ3v) is 4.99. The van der Waals surface area contributed by atoms with E-state index >= 15 is 0 Å². The molecule has 0 saturated carbocycles. The van der Waals surface area contributed by atoms with Crippen molar-refractivity contribution >= 4 is 28.7 Å². The van der Waals surface area contributed by atoms with Crippen molar-refractivity contribution in [3.05, 3.63) is 69.0 Å². The van der Waals surface area contributed by atoms with Crippen LogP contribution in [0.25, 0.3) is 0 Å². The molecule has 0 saturated heterocycles. The lowest BCUT2D eigenvalue weighted by Gasteiger charge is -2.27. The monoisotopic (exact) mass is 398 g/mol. The Morgan fingerprint density at radius 2 is 2.04 bits per heavy atom. The van der Waals surface area contributed by atoms with E-state index in [1.807, 2.05) is 37.3 Å². The molecule has 0 amide bonds. The first-order chi connectivity index (χ1) is 13.5. The molecule has 0 unspecified atom stereocenters. The van der Waals surface area contributed by atoms with Gasteiger partial charge in [0.1, 0.15) is 11.4 Å². The van der Waals surface area contributed by atoms with E-state index in [0.29, 0.717) is 35.0 Å². The number of methoxy groups -OCH3 is 1. The minimum atomic E-state index is -0.293. The lowest BCUT2D eigenvalue weighted by atomic mass is 9.99. The standard InChI is InChI=1S/C20H19ClN4O3/c1-3-24(14-6-8-15(28-2)9-7-14)25-20(27)16-10-12-4-5-13(21)11-17(12)22-18(16)19(26)23-25/h4-9,11,22H,3,10H2,1-2H3,(H,23,26). The van der Waals surface area contributed by atoms with Crippen LogP contribution in [0.4, 0.5) is 17.1 Å². The van der Waals surface area contributed by atoms with E-state index in [2.05, 4.69) is 10.4 Å². The number of benzene rings is 2. The summed E-state index contributed by atoms with van der Waals surface area (Å²) in [5.74, 6) is 0.472. The molecule has 0 aliphatic carbocycles. The number of aromatic hydroxyl groups is 1. The van der Waals surface area contributed by atoms with E-state index in [9.17, 15) is 9.90 Å². The zero-order chi connectivity index (χ0) is 19.8. The number of ether oxygens (including phenoxy) is 1. The van der Waals surface area contributed by atoms with Gasteiger partial charge in [0.25, 0.3) is 11.4 Å². The summed E-state index contributed by atoms with van der Waals surface area (Å²) in [5.41, 5.74) is 2.93. The highest BCUT2D eigenvalue weighted by Gasteiger charge is 2.25. The Morgan fingerprint density at radius 3 is 2.71 bits per heavy atom. The Kier molecular flexibility index (Phi) is 4.60. The van der Waals surface area contributed by atoms with Gasteiger partial charge in [0.2, 0.25) is 0 Å². The fourth-order valence-electron chi connectivity index (χ4n) is 3.33. The molecule has 1 aliphatic heterocycles. The predicted octanol–water partition coefficient (Wildman–Crippen LogP) is 3.55. The summed E-state index contributed by atoms with van der Waals surface area (Å²) in [6, 6.07) is 12.7. The third kappa shape index (κ3) is 3.03. The van der Waals surface area contributed by atoms with Crippen LogP contribution >= 0.6 is 11.6 Å². The Morgan fingerprint density at radius 1 is 1.29 bits per heavy atom. The van der Waals surface area contributed by atoms with Gasteiger partial charge in [-0.3, -0.25) is 9.80 Å². The van der Waals surface area contributed by atoms with E-state index in [-0.39, 0.29) is 11.4 Å². The van der Waals surface area contributed by atoms with Crippen LogP contribution in [0.15, 0.2) is 47.3 Å². The molecule has 0 bridgehead atoms. The fourth-order valence-corrected chi connectivity index (χ4v) is 3.50. The Balaban J connectivity index is 1.79. The van der Waals surface area contributed by atoms with E-state index in [0.717, 1.165) is 16.9 Å². The highest BCUT2D eigenvalue weighted by atomic mass is 35.5. The zero-order valence-electron chi connectivity index (χ0n) is 15.4. The summed E-state index contributed by atoms with van der Waals surface area (Å²) in [6.07, 6.45) is 0.379. The lowest BCUT2D eigenvalue weighted by molar-refractivity contribution is 0.414. The molecule has 8 heteroatoms. The first-order valence-corrected chi connectivity index (χ1v) is 9.22. The van der Waals surface area contributed by atoms with Crippen LogP contribution in [0.5, 0.6) is 11.6 Å². The van der Waals surface area contributed by atoms with Gasteiger partial charge in [-0.05, 0) is 48.9 Å². The van der Waals surface area contributed by atoms with Gasteiger partial charge in [-0.25, -0.2) is 0 Å². The predicted molar refractivity (Wildman–Crippen MR) is 109 cm³/mol. The van der Waals surface area contributed by atoms with Gasteiger partial charge in [0.15, 0.2) is 0 Å². The van der Waals surface area contributed by atoms with Crippen LogP contribution in [0, 0.1) is 0 Å². The van der Waals surface area contributed by atoms with Crippen LogP contribution in [-0.4, -0.2) is 28.7 Å². The molecule has 1 aliphatic rings. The summed E-state index contributed by atoms with van der Waals surface area (Å²) in [5, 5.41) is 20.0. The van der Waals surface area contributed by atoms with Crippen LogP contribution in [-0.2, 0) is 6.42 Å². The van der Waals surface area contributed by atoms with Crippen molar-refractivity contribution in [2.45, 2.75) is 13.3 Å². The summed E-state index contributed by atoms with van der Waals surface area (Å²) in [6.45, 7) is 2.39. The smallest absolute Gasteiger partial charge is 0.292 e. The average molecular weight is 399 g/mol. The van der Waals surface area contributed by atoms with Gasteiger partial charge < -0.3 is 15.2 Å². The van der Waals surface area contributed by atoms with Gasteiger partial charge in [-0.1, -0.05) is 17.7 Å². The lowest BCUT2D eigenvalue weighted by Crippen LogP contribution is -2.42. The highest BCUT2D eigenvalue weighted by Crippen LogP contribution is 2.36. The number of rotatable bonds is 4. The second-order valence-corrected chi connectivity index (χ2v) is 6.83. The topological polar surface area (TPSA) is 79.6 Å². The first kappa shape index (κ1) is 18.2. The fraction of sp³-hybridized carbons (Fsp3) is 0.200. The van der Waals surface area contributed by atoms with Crippen molar-refractivity contribution < 1.29 is 9.84 Å². The normalized spacial score (nSPS) is 12.0. The van der Waals surface area contributed by atoms with Crippen LogP contribution in [0.1, 0.15) is 18.1 Å². The van der Waals surface area contributed by atoms with E-state index in [1.165, 1.54) is 4.79 Å². The molecule has 2 N–H and O–H groups in total. The van der Waals surface area contributed by atoms with Gasteiger partial charge in [-0.2, -0.15) is 0 Å². The highest BCUT2D eigenvalue weighted by molar-refractivity contribution is 6.30. The maximum absolute atomic E-state index is 13.2. The molecule has 7 nitrogen and oxygen atoms in total. The molecule has 0 atom stereocenters. The molecule has 3 aromatic rings. The Bertz CT molecular complexity index is 1100. The first-order valence-electron chi connectivity index (χ1n) is 8.84. The van der Waals surface area contributed by atoms with Crippen molar-refractivity contribution in [2.75, 3.05) is 24.0 Å². The van der Waals surface area contributed by atoms with E-state index < -0.39 is 0 Å². The summed E-state index contributed by atoms with van der Waals surface area (Å²) >= 11 is 6.05. The second-order valence-electron chi connectivity index (χ2n) is 6.39. The number of fused-ring (bicyclic) bond motifs is 2. The molecule has 2 aromatic carbocycles. The minimum absolute atomic E-state index is 0.243. The van der Waals surface area contributed by atoms with Crippen molar-refractivity contribution in [3.8, 4) is 11.6 Å². The van der Waals surface area contributed by atoms with Crippen molar-refractivity contribution in [3.63, 3.8) is 0 Å². The Hall–Kier alpha value is -3.19. The second kappa shape index (κ2) is 7.09. The summed E-state index contributed by atoms with van der Waals surface area (Å²) in [7, 11) is 1.60. The number of aromatic nitrogens is 2. The number of anilines is 3. The molecule has 0 radical (unpaired) electrons. The molecule has 28 heavy (non-hydrogen) atoms. The molecular formula is C20H19ClN4O3. The SMILES string of the molecule is CCN(c1ccc(OC)cc1)n1nc(O)c2c(c1=O)Cc1ccc(Cl)cc1N2. The average Bonchev–Trinajstić information content (AvgIpc) is 2.71. The van der Waals surface area contributed by atoms with Crippen molar-refractivity contribution in [1.82, 2.24) is 9.89 Å². The number of nitrogens with one attached hydrogen (secondary N) is 1. The van der Waals surface area contributed by atoms with Gasteiger partial charge in [0.05, 0.1) is 18.4 Å².